The van der Waals surface area contributed by atoms with E-state index in [1.165, 1.54) is 21.0 Å². The topological polar surface area (TPSA) is 35.5 Å². The second kappa shape index (κ2) is 6.19. The Hall–Kier alpha value is -1.85. The first kappa shape index (κ1) is 14.2. The summed E-state index contributed by atoms with van der Waals surface area (Å²) < 4.78 is 33.7. The Morgan fingerprint density at radius 3 is 2.44 bits per heavy atom. The van der Waals surface area contributed by atoms with Crippen molar-refractivity contribution in [2.75, 3.05) is 7.11 Å². The predicted molar refractivity (Wildman–Crippen MR) is 65.3 cm³/mol. The fourth-order valence-electron chi connectivity index (χ4n) is 1.63. The Balaban J connectivity index is 3.23. The zero-order valence-corrected chi connectivity index (χ0v) is 10.4. The molecular formula is C12H13BF2O3. The summed E-state index contributed by atoms with van der Waals surface area (Å²) in [5.74, 6) is 0.0863. The van der Waals surface area contributed by atoms with Crippen LogP contribution in [0.3, 0.4) is 0 Å². The maximum absolute atomic E-state index is 12.2. The highest BCUT2D eigenvalue weighted by Crippen LogP contribution is 2.24. The van der Waals surface area contributed by atoms with Gasteiger partial charge in [0.15, 0.2) is 5.78 Å². The lowest BCUT2D eigenvalue weighted by Gasteiger charge is -2.11. The molecule has 0 heterocycles. The van der Waals surface area contributed by atoms with Crippen LogP contribution in [0.5, 0.6) is 5.75 Å². The number of halogens is 2. The lowest BCUT2D eigenvalue weighted by molar-refractivity contribution is -0.111. The summed E-state index contributed by atoms with van der Waals surface area (Å²) in [5.41, 5.74) is 0.606. The molecule has 0 saturated heterocycles. The van der Waals surface area contributed by atoms with Crippen molar-refractivity contribution in [3.05, 3.63) is 35.6 Å². The Labute approximate surface area is 105 Å². The molecule has 0 aromatic heterocycles. The first-order valence-electron chi connectivity index (χ1n) is 5.26. The van der Waals surface area contributed by atoms with Gasteiger partial charge in [-0.3, -0.25) is 4.79 Å². The predicted octanol–water partition coefficient (Wildman–Crippen LogP) is 2.96. The van der Waals surface area contributed by atoms with E-state index in [4.69, 9.17) is 4.74 Å². The van der Waals surface area contributed by atoms with Crippen LogP contribution in [-0.4, -0.2) is 20.4 Å². The number of carbonyl (C=O) groups excluding carboxylic acids is 1. The highest BCUT2D eigenvalue weighted by atomic mass is 19.2. The highest BCUT2D eigenvalue weighted by Gasteiger charge is 2.21. The fourth-order valence-corrected chi connectivity index (χ4v) is 1.63. The van der Waals surface area contributed by atoms with E-state index in [9.17, 15) is 13.4 Å². The molecule has 0 aliphatic rings. The molecule has 0 radical (unpaired) electrons. The van der Waals surface area contributed by atoms with Gasteiger partial charge in [-0.25, -0.2) is 8.63 Å². The quantitative estimate of drug-likeness (QED) is 0.460. The zero-order valence-electron chi connectivity index (χ0n) is 10.4. The number of ether oxygens (including phenoxy) is 1. The van der Waals surface area contributed by atoms with Crippen LogP contribution in [0.2, 0.25) is 0 Å². The van der Waals surface area contributed by atoms with Crippen molar-refractivity contribution in [2.24, 2.45) is 0 Å². The fraction of sp³-hybridized carbons (Fsp3) is 0.250. The molecule has 0 spiro atoms. The van der Waals surface area contributed by atoms with E-state index in [1.807, 2.05) is 0 Å². The molecular weight excluding hydrogens is 241 g/mol. The number of allylic oxidation sites excluding steroid dienone is 2. The number of carbonyl (C=O) groups is 1. The smallest absolute Gasteiger partial charge is 0.508 e. The molecule has 0 fully saturated rings. The first-order valence-corrected chi connectivity index (χ1v) is 5.26. The molecule has 18 heavy (non-hydrogen) atoms. The van der Waals surface area contributed by atoms with Gasteiger partial charge in [0.1, 0.15) is 5.75 Å². The van der Waals surface area contributed by atoms with Gasteiger partial charge in [-0.15, -0.1) is 0 Å². The number of ketones is 1. The van der Waals surface area contributed by atoms with Crippen LogP contribution >= 0.6 is 0 Å². The minimum Gasteiger partial charge on any atom is -0.508 e. The van der Waals surface area contributed by atoms with E-state index < -0.39 is 7.47 Å². The summed E-state index contributed by atoms with van der Waals surface area (Å²) in [6.45, 7) is 2.63. The Bertz CT molecular complexity index is 472. The number of methoxy groups -OCH3 is 1. The SMILES string of the molecule is COc1cccc(/C(C(C)=O)=C(\C)OB(F)F)c1. The van der Waals surface area contributed by atoms with Gasteiger partial charge < -0.3 is 9.39 Å². The van der Waals surface area contributed by atoms with Gasteiger partial charge in [-0.1, -0.05) is 12.1 Å². The molecule has 3 nitrogen and oxygen atoms in total. The molecule has 6 heteroatoms. The highest BCUT2D eigenvalue weighted by molar-refractivity contribution is 6.35. The summed E-state index contributed by atoms with van der Waals surface area (Å²) >= 11 is 0. The Morgan fingerprint density at radius 1 is 1.28 bits per heavy atom. The molecule has 0 N–H and O–H groups in total. The summed E-state index contributed by atoms with van der Waals surface area (Å²) in [4.78, 5) is 11.5. The number of hydrogen-bond acceptors (Lipinski definition) is 3. The van der Waals surface area contributed by atoms with Crippen molar-refractivity contribution in [2.45, 2.75) is 13.8 Å². The third-order valence-electron chi connectivity index (χ3n) is 2.33. The molecule has 0 saturated carbocycles. The Kier molecular flexibility index (Phi) is 4.89. The van der Waals surface area contributed by atoms with E-state index in [-0.39, 0.29) is 17.1 Å². The standard InChI is InChI=1S/C12H13BF2O3/c1-8(16)12(9(2)18-13(14)15)10-5-4-6-11(7-10)17-3/h4-7H,1-3H3/b12-9+. The first-order chi connectivity index (χ1) is 8.45. The molecule has 0 aliphatic heterocycles. The summed E-state index contributed by atoms with van der Waals surface area (Å²) in [7, 11) is -1.47. The van der Waals surface area contributed by atoms with Gasteiger partial charge >= 0.3 is 7.47 Å². The normalized spacial score (nSPS) is 11.6. The maximum atomic E-state index is 12.2. The molecule has 1 aromatic rings. The van der Waals surface area contributed by atoms with E-state index in [0.717, 1.165) is 0 Å². The van der Waals surface area contributed by atoms with Gasteiger partial charge in [0.2, 0.25) is 0 Å². The average Bonchev–Trinajstić information content (AvgIpc) is 2.28. The number of rotatable bonds is 5. The van der Waals surface area contributed by atoms with Crippen molar-refractivity contribution in [3.8, 4) is 5.75 Å². The van der Waals surface area contributed by atoms with E-state index in [2.05, 4.69) is 4.65 Å². The van der Waals surface area contributed by atoms with Crippen molar-refractivity contribution in [1.29, 1.82) is 0 Å². The van der Waals surface area contributed by atoms with Crippen molar-refractivity contribution < 1.29 is 22.8 Å². The van der Waals surface area contributed by atoms with Crippen LogP contribution in [-0.2, 0) is 9.45 Å². The molecule has 1 aromatic carbocycles. The molecule has 0 amide bonds. The van der Waals surface area contributed by atoms with Gasteiger partial charge in [-0.05, 0) is 31.5 Å². The van der Waals surface area contributed by atoms with Crippen LogP contribution in [0.15, 0.2) is 30.0 Å². The minimum atomic E-state index is -2.95. The van der Waals surface area contributed by atoms with Gasteiger partial charge in [-0.2, -0.15) is 0 Å². The van der Waals surface area contributed by atoms with Crippen molar-refractivity contribution >= 4 is 18.8 Å². The van der Waals surface area contributed by atoms with Crippen LogP contribution in [0, 0.1) is 0 Å². The van der Waals surface area contributed by atoms with Crippen LogP contribution in [0.4, 0.5) is 8.63 Å². The van der Waals surface area contributed by atoms with Gasteiger partial charge in [0, 0.05) is 0 Å². The maximum Gasteiger partial charge on any atom is 0.796 e. The van der Waals surface area contributed by atoms with Crippen LogP contribution in [0.1, 0.15) is 19.4 Å². The third-order valence-corrected chi connectivity index (χ3v) is 2.33. The number of Topliss-reactive ketones (excluding diaryl/α,β-unsaturated/α-hetero) is 1. The number of benzene rings is 1. The van der Waals surface area contributed by atoms with Crippen molar-refractivity contribution in [3.63, 3.8) is 0 Å². The number of hydrogen-bond donors (Lipinski definition) is 0. The molecule has 0 bridgehead atoms. The molecule has 0 unspecified atom stereocenters. The summed E-state index contributed by atoms with van der Waals surface area (Å²) in [6.07, 6.45) is 0. The molecule has 96 valence electrons. The molecule has 0 aliphatic carbocycles. The molecule has 0 atom stereocenters. The third kappa shape index (κ3) is 3.58. The Morgan fingerprint density at radius 2 is 1.94 bits per heavy atom. The minimum absolute atomic E-state index is 0.106. The average molecular weight is 254 g/mol. The second-order valence-corrected chi connectivity index (χ2v) is 3.60. The lowest BCUT2D eigenvalue weighted by atomic mass is 10.0. The van der Waals surface area contributed by atoms with Crippen LogP contribution in [0.25, 0.3) is 5.57 Å². The van der Waals surface area contributed by atoms with E-state index in [1.54, 1.807) is 24.3 Å². The van der Waals surface area contributed by atoms with E-state index >= 15 is 0 Å². The largest absolute Gasteiger partial charge is 0.796 e. The monoisotopic (exact) mass is 254 g/mol. The second-order valence-electron chi connectivity index (χ2n) is 3.60. The van der Waals surface area contributed by atoms with Gasteiger partial charge in [0.05, 0.1) is 18.4 Å². The summed E-state index contributed by atoms with van der Waals surface area (Å²) in [6, 6.07) is 6.60. The lowest BCUT2D eigenvalue weighted by Crippen LogP contribution is -2.08. The summed E-state index contributed by atoms with van der Waals surface area (Å²) in [5, 5.41) is 0. The van der Waals surface area contributed by atoms with Gasteiger partial charge in [0.25, 0.3) is 0 Å². The molecule has 1 rings (SSSR count). The van der Waals surface area contributed by atoms with E-state index in [0.29, 0.717) is 11.3 Å². The zero-order chi connectivity index (χ0) is 13.7. The van der Waals surface area contributed by atoms with Crippen LogP contribution < -0.4 is 4.74 Å². The van der Waals surface area contributed by atoms with Crippen molar-refractivity contribution in [1.82, 2.24) is 0 Å².